The first-order chi connectivity index (χ1) is 16.3. The second kappa shape index (κ2) is 6.78. The van der Waals surface area contributed by atoms with Crippen LogP contribution in [-0.4, -0.2) is 14.5 Å². The van der Waals surface area contributed by atoms with Crippen LogP contribution in [0.15, 0.2) is 102 Å². The molecular weight excluding hydrogens is 406 g/mol. The molecule has 0 bridgehead atoms. The second-order valence-corrected chi connectivity index (χ2v) is 8.38. The van der Waals surface area contributed by atoms with Crippen molar-refractivity contribution >= 4 is 43.7 Å². The van der Waals surface area contributed by atoms with E-state index in [0.29, 0.717) is 0 Å². The maximum atomic E-state index is 6.60. The van der Waals surface area contributed by atoms with E-state index in [9.17, 15) is 0 Å². The Bertz CT molecular complexity index is 1830. The van der Waals surface area contributed by atoms with Crippen molar-refractivity contribution in [1.82, 2.24) is 14.5 Å². The normalized spacial score (nSPS) is 11.8. The second-order valence-electron chi connectivity index (χ2n) is 8.38. The van der Waals surface area contributed by atoms with E-state index < -0.39 is 0 Å². The fourth-order valence-corrected chi connectivity index (χ4v) is 4.90. The third kappa shape index (κ3) is 2.58. The highest BCUT2D eigenvalue weighted by molar-refractivity contribution is 6.17. The predicted octanol–water partition coefficient (Wildman–Crippen LogP) is 7.45. The number of fused-ring (bicyclic) bond motifs is 6. The zero-order chi connectivity index (χ0) is 21.9. The number of nitrogens with zero attached hydrogens (tertiary/aromatic N) is 3. The Kier molecular flexibility index (Phi) is 3.73. The van der Waals surface area contributed by atoms with Crippen LogP contribution in [0.4, 0.5) is 0 Å². The minimum absolute atomic E-state index is 0.848. The van der Waals surface area contributed by atoms with Crippen molar-refractivity contribution in [1.29, 1.82) is 0 Å². The Balaban J connectivity index is 1.62. The number of para-hydroxylation sites is 2. The van der Waals surface area contributed by atoms with E-state index in [1.165, 1.54) is 5.39 Å². The van der Waals surface area contributed by atoms with E-state index in [2.05, 4.69) is 95.3 Å². The fourth-order valence-electron chi connectivity index (χ4n) is 4.90. The molecule has 3 heterocycles. The lowest BCUT2D eigenvalue weighted by atomic mass is 10.0. The number of rotatable bonds is 2. The molecule has 33 heavy (non-hydrogen) atoms. The summed E-state index contributed by atoms with van der Waals surface area (Å²) < 4.78 is 8.81. The van der Waals surface area contributed by atoms with Crippen LogP contribution < -0.4 is 0 Å². The summed E-state index contributed by atoms with van der Waals surface area (Å²) in [7, 11) is 0. The van der Waals surface area contributed by atoms with E-state index in [1.54, 1.807) is 0 Å². The summed E-state index contributed by atoms with van der Waals surface area (Å²) in [5.41, 5.74) is 6.79. The Morgan fingerprint density at radius 1 is 0.697 bits per heavy atom. The van der Waals surface area contributed by atoms with Crippen molar-refractivity contribution in [2.24, 2.45) is 0 Å². The van der Waals surface area contributed by atoms with Crippen LogP contribution in [0.25, 0.3) is 60.8 Å². The number of hydrogen-bond acceptors (Lipinski definition) is 3. The summed E-state index contributed by atoms with van der Waals surface area (Å²) in [6.07, 6.45) is 3.72. The minimum Gasteiger partial charge on any atom is -0.455 e. The highest BCUT2D eigenvalue weighted by Gasteiger charge is 2.21. The molecule has 0 saturated carbocycles. The van der Waals surface area contributed by atoms with E-state index in [1.807, 2.05) is 18.5 Å². The molecule has 0 fully saturated rings. The third-order valence-electron chi connectivity index (χ3n) is 6.39. The molecule has 0 N–H and O–H groups in total. The van der Waals surface area contributed by atoms with Gasteiger partial charge in [0.15, 0.2) is 0 Å². The lowest BCUT2D eigenvalue weighted by Crippen LogP contribution is -1.98. The van der Waals surface area contributed by atoms with Crippen LogP contribution >= 0.6 is 0 Å². The zero-order valence-corrected chi connectivity index (χ0v) is 18.0. The van der Waals surface area contributed by atoms with Crippen molar-refractivity contribution in [3.63, 3.8) is 0 Å². The maximum Gasteiger partial charge on any atom is 0.149 e. The molecule has 0 unspecified atom stereocenters. The van der Waals surface area contributed by atoms with Gasteiger partial charge in [0, 0.05) is 28.0 Å². The molecule has 0 aliphatic heterocycles. The van der Waals surface area contributed by atoms with Gasteiger partial charge in [-0.25, -0.2) is 4.98 Å². The number of imidazole rings is 1. The molecule has 3 aromatic heterocycles. The number of hydrogen-bond donors (Lipinski definition) is 0. The summed E-state index contributed by atoms with van der Waals surface area (Å²) in [4.78, 5) is 9.43. The zero-order valence-electron chi connectivity index (χ0n) is 18.0. The number of aryl methyl sites for hydroxylation is 1. The molecule has 4 aromatic carbocycles. The first-order valence-corrected chi connectivity index (χ1v) is 11.0. The van der Waals surface area contributed by atoms with Gasteiger partial charge in [0.2, 0.25) is 0 Å². The average Bonchev–Trinajstić information content (AvgIpc) is 3.44. The lowest BCUT2D eigenvalue weighted by Gasteiger charge is -2.11. The van der Waals surface area contributed by atoms with Gasteiger partial charge in [0.1, 0.15) is 22.5 Å². The van der Waals surface area contributed by atoms with E-state index >= 15 is 0 Å². The molecule has 0 aliphatic rings. The molecule has 7 aromatic rings. The molecule has 0 aliphatic carbocycles. The summed E-state index contributed by atoms with van der Waals surface area (Å²) in [5, 5.41) is 4.50. The van der Waals surface area contributed by atoms with Crippen LogP contribution in [0.3, 0.4) is 0 Å². The van der Waals surface area contributed by atoms with Gasteiger partial charge in [-0.15, -0.1) is 0 Å². The van der Waals surface area contributed by atoms with Crippen LogP contribution in [-0.2, 0) is 0 Å². The van der Waals surface area contributed by atoms with Gasteiger partial charge in [-0.3, -0.25) is 9.55 Å². The molecule has 0 saturated heterocycles. The number of aromatic nitrogens is 3. The van der Waals surface area contributed by atoms with Crippen LogP contribution in [0.1, 0.15) is 5.56 Å². The third-order valence-corrected chi connectivity index (χ3v) is 6.39. The van der Waals surface area contributed by atoms with Gasteiger partial charge >= 0.3 is 0 Å². The smallest absolute Gasteiger partial charge is 0.149 e. The molecule has 4 nitrogen and oxygen atoms in total. The van der Waals surface area contributed by atoms with Gasteiger partial charge in [-0.1, -0.05) is 60.7 Å². The van der Waals surface area contributed by atoms with Crippen LogP contribution in [0.5, 0.6) is 0 Å². The number of benzene rings is 4. The van der Waals surface area contributed by atoms with Gasteiger partial charge in [-0.2, -0.15) is 0 Å². The highest BCUT2D eigenvalue weighted by atomic mass is 16.3. The monoisotopic (exact) mass is 425 g/mol. The molecule has 0 spiro atoms. The van der Waals surface area contributed by atoms with Crippen molar-refractivity contribution in [3.8, 4) is 17.1 Å². The predicted molar refractivity (Wildman–Crippen MR) is 134 cm³/mol. The Hall–Kier alpha value is -4.44. The molecule has 4 heteroatoms. The van der Waals surface area contributed by atoms with Gasteiger partial charge in [0.25, 0.3) is 0 Å². The SMILES string of the molecule is Cc1cncc2nc(-c3cccc4c3oc3c5ccccc5ccc43)n(-c3ccccc3)c12. The lowest BCUT2D eigenvalue weighted by molar-refractivity contribution is 0.673. The van der Waals surface area contributed by atoms with Crippen LogP contribution in [0.2, 0.25) is 0 Å². The van der Waals surface area contributed by atoms with E-state index in [0.717, 1.165) is 61.0 Å². The summed E-state index contributed by atoms with van der Waals surface area (Å²) in [6, 6.07) is 29.3. The van der Waals surface area contributed by atoms with Crippen molar-refractivity contribution in [2.75, 3.05) is 0 Å². The molecular formula is C29H19N3O. The minimum atomic E-state index is 0.848. The summed E-state index contributed by atoms with van der Waals surface area (Å²) >= 11 is 0. The average molecular weight is 425 g/mol. The maximum absolute atomic E-state index is 6.60. The highest BCUT2D eigenvalue weighted by Crippen LogP contribution is 2.40. The summed E-state index contributed by atoms with van der Waals surface area (Å²) in [6.45, 7) is 2.08. The summed E-state index contributed by atoms with van der Waals surface area (Å²) in [5.74, 6) is 0.848. The molecule has 0 radical (unpaired) electrons. The van der Waals surface area contributed by atoms with Gasteiger partial charge in [-0.05, 0) is 42.1 Å². The fraction of sp³-hybridized carbons (Fsp3) is 0.0345. The van der Waals surface area contributed by atoms with Gasteiger partial charge < -0.3 is 4.42 Å². The molecule has 0 atom stereocenters. The molecule has 7 rings (SSSR count). The quantitative estimate of drug-likeness (QED) is 0.289. The number of furan rings is 1. The topological polar surface area (TPSA) is 43.9 Å². The Labute approximate surface area is 189 Å². The largest absolute Gasteiger partial charge is 0.455 e. The number of pyridine rings is 1. The van der Waals surface area contributed by atoms with Crippen molar-refractivity contribution in [2.45, 2.75) is 6.92 Å². The van der Waals surface area contributed by atoms with Crippen molar-refractivity contribution in [3.05, 3.63) is 103 Å². The molecule has 156 valence electrons. The first kappa shape index (κ1) is 18.2. The Morgan fingerprint density at radius 3 is 2.39 bits per heavy atom. The Morgan fingerprint density at radius 2 is 1.48 bits per heavy atom. The van der Waals surface area contributed by atoms with Crippen LogP contribution in [0, 0.1) is 6.92 Å². The van der Waals surface area contributed by atoms with E-state index in [-0.39, 0.29) is 0 Å². The van der Waals surface area contributed by atoms with Crippen molar-refractivity contribution < 1.29 is 4.42 Å². The molecule has 0 amide bonds. The standard InChI is InChI=1S/C29H19N3O/c1-18-16-30-17-25-26(18)32(20-9-3-2-4-10-20)29(31-25)24-13-7-12-22-23-15-14-19-8-5-6-11-21(19)27(23)33-28(22)24/h2-17H,1H3. The van der Waals surface area contributed by atoms with E-state index in [4.69, 9.17) is 9.40 Å². The first-order valence-electron chi connectivity index (χ1n) is 11.0. The van der Waals surface area contributed by atoms with Gasteiger partial charge in [0.05, 0.1) is 17.3 Å².